The van der Waals surface area contributed by atoms with E-state index in [4.69, 9.17) is 17.3 Å². The average Bonchev–Trinajstić information content (AvgIpc) is 2.17. The fourth-order valence-electron chi connectivity index (χ4n) is 1.49. The molecule has 0 aliphatic heterocycles. The van der Waals surface area contributed by atoms with Crippen LogP contribution in [-0.4, -0.2) is 4.98 Å². The third kappa shape index (κ3) is 2.70. The Morgan fingerprint density at radius 1 is 1.13 bits per heavy atom. The number of anilines is 1. The van der Waals surface area contributed by atoms with Crippen molar-refractivity contribution < 1.29 is 0 Å². The highest BCUT2D eigenvalue weighted by Gasteiger charge is 1.98. The molecule has 0 atom stereocenters. The van der Waals surface area contributed by atoms with Crippen molar-refractivity contribution in [3.05, 3.63) is 58.9 Å². The standard InChI is InChI=1S/C12H11ClN2/c13-11-3-1-2-9(5-11)4-10-6-12(14)8-15-7-10/h1-3,5-8H,4,14H2. The van der Waals surface area contributed by atoms with Gasteiger partial charge in [-0.3, -0.25) is 4.98 Å². The fraction of sp³-hybridized carbons (Fsp3) is 0.0833. The highest BCUT2D eigenvalue weighted by Crippen LogP contribution is 2.15. The molecule has 2 N–H and O–H groups in total. The molecule has 76 valence electrons. The average molecular weight is 219 g/mol. The summed E-state index contributed by atoms with van der Waals surface area (Å²) < 4.78 is 0. The van der Waals surface area contributed by atoms with Crippen molar-refractivity contribution in [2.24, 2.45) is 0 Å². The molecule has 2 aromatic rings. The van der Waals surface area contributed by atoms with Crippen LogP contribution in [0.25, 0.3) is 0 Å². The molecule has 1 aromatic heterocycles. The predicted molar refractivity (Wildman–Crippen MR) is 62.9 cm³/mol. The molecule has 0 radical (unpaired) electrons. The zero-order valence-corrected chi connectivity index (χ0v) is 8.91. The smallest absolute Gasteiger partial charge is 0.0503 e. The van der Waals surface area contributed by atoms with Crippen LogP contribution in [0, 0.1) is 0 Å². The lowest BCUT2D eigenvalue weighted by atomic mass is 10.1. The second-order valence-corrected chi connectivity index (χ2v) is 3.87. The van der Waals surface area contributed by atoms with E-state index in [2.05, 4.69) is 4.98 Å². The largest absolute Gasteiger partial charge is 0.397 e. The van der Waals surface area contributed by atoms with Gasteiger partial charge in [-0.1, -0.05) is 23.7 Å². The molecule has 2 nitrogen and oxygen atoms in total. The van der Waals surface area contributed by atoms with Crippen LogP contribution in [0.3, 0.4) is 0 Å². The highest BCUT2D eigenvalue weighted by molar-refractivity contribution is 6.30. The number of benzene rings is 1. The number of nitrogens with two attached hydrogens (primary N) is 1. The van der Waals surface area contributed by atoms with Gasteiger partial charge in [0.05, 0.1) is 5.69 Å². The van der Waals surface area contributed by atoms with Gasteiger partial charge in [0.2, 0.25) is 0 Å². The predicted octanol–water partition coefficient (Wildman–Crippen LogP) is 2.91. The molecule has 0 bridgehead atoms. The van der Waals surface area contributed by atoms with Crippen molar-refractivity contribution in [3.8, 4) is 0 Å². The highest BCUT2D eigenvalue weighted by atomic mass is 35.5. The van der Waals surface area contributed by atoms with Crippen molar-refractivity contribution in [2.45, 2.75) is 6.42 Å². The Morgan fingerprint density at radius 3 is 2.73 bits per heavy atom. The third-order valence-electron chi connectivity index (χ3n) is 2.11. The van der Waals surface area contributed by atoms with Crippen LogP contribution < -0.4 is 5.73 Å². The molecule has 15 heavy (non-hydrogen) atoms. The summed E-state index contributed by atoms with van der Waals surface area (Å²) in [5.41, 5.74) is 8.60. The van der Waals surface area contributed by atoms with Crippen LogP contribution in [0.2, 0.25) is 5.02 Å². The van der Waals surface area contributed by atoms with Gasteiger partial charge < -0.3 is 5.73 Å². The molecule has 1 heterocycles. The van der Waals surface area contributed by atoms with Crippen molar-refractivity contribution >= 4 is 17.3 Å². The monoisotopic (exact) mass is 218 g/mol. The number of aromatic nitrogens is 1. The van der Waals surface area contributed by atoms with Crippen molar-refractivity contribution in [2.75, 3.05) is 5.73 Å². The number of halogens is 1. The van der Waals surface area contributed by atoms with Gasteiger partial charge in [-0.2, -0.15) is 0 Å². The van der Waals surface area contributed by atoms with E-state index in [1.807, 2.05) is 36.5 Å². The van der Waals surface area contributed by atoms with Gasteiger partial charge in [-0.25, -0.2) is 0 Å². The summed E-state index contributed by atoms with van der Waals surface area (Å²) >= 11 is 5.90. The first kappa shape index (κ1) is 9.99. The Labute approximate surface area is 93.7 Å². The van der Waals surface area contributed by atoms with E-state index in [1.165, 1.54) is 0 Å². The van der Waals surface area contributed by atoms with Crippen molar-refractivity contribution in [3.63, 3.8) is 0 Å². The van der Waals surface area contributed by atoms with Gasteiger partial charge in [0.15, 0.2) is 0 Å². The molecule has 0 saturated heterocycles. The fourth-order valence-corrected chi connectivity index (χ4v) is 1.70. The van der Waals surface area contributed by atoms with Crippen LogP contribution in [-0.2, 0) is 6.42 Å². The van der Waals surface area contributed by atoms with Crippen molar-refractivity contribution in [1.29, 1.82) is 0 Å². The second-order valence-electron chi connectivity index (χ2n) is 3.43. The summed E-state index contributed by atoms with van der Waals surface area (Å²) in [6.45, 7) is 0. The maximum atomic E-state index is 5.90. The van der Waals surface area contributed by atoms with Crippen LogP contribution in [0.1, 0.15) is 11.1 Å². The van der Waals surface area contributed by atoms with E-state index in [9.17, 15) is 0 Å². The Bertz CT molecular complexity index is 425. The van der Waals surface area contributed by atoms with E-state index in [1.54, 1.807) is 6.20 Å². The quantitative estimate of drug-likeness (QED) is 0.842. The van der Waals surface area contributed by atoms with Gasteiger partial charge in [-0.15, -0.1) is 0 Å². The molecule has 0 aliphatic rings. The van der Waals surface area contributed by atoms with Crippen LogP contribution in [0.4, 0.5) is 5.69 Å². The summed E-state index contributed by atoms with van der Waals surface area (Å²) in [5, 5.41) is 0.754. The molecular formula is C12H11ClN2. The minimum Gasteiger partial charge on any atom is -0.397 e. The lowest BCUT2D eigenvalue weighted by molar-refractivity contribution is 1.15. The first-order valence-electron chi connectivity index (χ1n) is 4.68. The lowest BCUT2D eigenvalue weighted by Gasteiger charge is -2.02. The first-order chi connectivity index (χ1) is 7.24. The maximum Gasteiger partial charge on any atom is 0.0503 e. The molecule has 3 heteroatoms. The van der Waals surface area contributed by atoms with Gasteiger partial charge in [0.25, 0.3) is 0 Å². The molecule has 0 fully saturated rings. The lowest BCUT2D eigenvalue weighted by Crippen LogP contribution is -1.92. The minimum atomic E-state index is 0.689. The molecular weight excluding hydrogens is 208 g/mol. The molecule has 2 rings (SSSR count). The summed E-state index contributed by atoms with van der Waals surface area (Å²) in [6, 6.07) is 9.72. The minimum absolute atomic E-state index is 0.689. The van der Waals surface area contributed by atoms with E-state index in [0.29, 0.717) is 5.69 Å². The van der Waals surface area contributed by atoms with Gasteiger partial charge in [-0.05, 0) is 35.7 Å². The molecule has 0 unspecified atom stereocenters. The molecule has 0 aliphatic carbocycles. The molecule has 0 spiro atoms. The van der Waals surface area contributed by atoms with E-state index >= 15 is 0 Å². The number of hydrogen-bond acceptors (Lipinski definition) is 2. The third-order valence-corrected chi connectivity index (χ3v) is 2.35. The number of hydrogen-bond donors (Lipinski definition) is 1. The van der Waals surface area contributed by atoms with Crippen molar-refractivity contribution in [1.82, 2.24) is 4.98 Å². The summed E-state index contributed by atoms with van der Waals surface area (Å²) in [7, 11) is 0. The maximum absolute atomic E-state index is 5.90. The first-order valence-corrected chi connectivity index (χ1v) is 5.06. The van der Waals surface area contributed by atoms with Crippen LogP contribution in [0.5, 0.6) is 0 Å². The Balaban J connectivity index is 2.22. The zero-order valence-electron chi connectivity index (χ0n) is 8.15. The summed E-state index contributed by atoms with van der Waals surface area (Å²) in [6.07, 6.45) is 4.26. The van der Waals surface area contributed by atoms with E-state index < -0.39 is 0 Å². The topological polar surface area (TPSA) is 38.9 Å². The summed E-state index contributed by atoms with van der Waals surface area (Å²) in [4.78, 5) is 4.04. The van der Waals surface area contributed by atoms with Gasteiger partial charge in [0.1, 0.15) is 0 Å². The number of pyridine rings is 1. The number of nitrogens with zero attached hydrogens (tertiary/aromatic N) is 1. The van der Waals surface area contributed by atoms with Gasteiger partial charge >= 0.3 is 0 Å². The van der Waals surface area contributed by atoms with Crippen LogP contribution >= 0.6 is 11.6 Å². The second kappa shape index (κ2) is 4.32. The van der Waals surface area contributed by atoms with Crippen LogP contribution in [0.15, 0.2) is 42.7 Å². The van der Waals surface area contributed by atoms with Gasteiger partial charge in [0, 0.05) is 17.4 Å². The van der Waals surface area contributed by atoms with E-state index in [0.717, 1.165) is 22.6 Å². The Morgan fingerprint density at radius 2 is 2.00 bits per heavy atom. The Kier molecular flexibility index (Phi) is 2.88. The number of rotatable bonds is 2. The normalized spacial score (nSPS) is 10.2. The Hall–Kier alpha value is -1.54. The molecule has 1 aromatic carbocycles. The molecule has 0 amide bonds. The summed E-state index contributed by atoms with van der Waals surface area (Å²) in [5.74, 6) is 0. The van der Waals surface area contributed by atoms with E-state index in [-0.39, 0.29) is 0 Å². The SMILES string of the molecule is Nc1cncc(Cc2cccc(Cl)c2)c1. The number of nitrogen functional groups attached to an aromatic ring is 1. The molecule has 0 saturated carbocycles. The zero-order chi connectivity index (χ0) is 10.7.